The van der Waals surface area contributed by atoms with Crippen molar-refractivity contribution in [1.82, 2.24) is 5.32 Å². The zero-order chi connectivity index (χ0) is 30.1. The molecule has 0 aliphatic heterocycles. The Bertz CT molecular complexity index is 1600. The summed E-state index contributed by atoms with van der Waals surface area (Å²) in [6.45, 7) is 2.40. The molecule has 0 unspecified atom stereocenters. The molecule has 4 rings (SSSR count). The zero-order valence-electron chi connectivity index (χ0n) is 23.5. The van der Waals surface area contributed by atoms with Crippen LogP contribution >= 0.6 is 15.9 Å². The van der Waals surface area contributed by atoms with E-state index in [-0.39, 0.29) is 6.61 Å². The van der Waals surface area contributed by atoms with Crippen molar-refractivity contribution in [3.8, 4) is 40.2 Å². The molecule has 8 nitrogen and oxygen atoms in total. The van der Waals surface area contributed by atoms with Crippen molar-refractivity contribution in [2.75, 3.05) is 14.2 Å². The number of benzene rings is 4. The SMILES string of the molecule is COc1ccc(-c2cccc(COc3ccc(CN[C@@H](C)C(=O)O)c(OCc4cccc(C#N)c4)c3)c2Br)cc1OC. The Morgan fingerprint density at radius 1 is 0.905 bits per heavy atom. The Labute approximate surface area is 253 Å². The predicted molar refractivity (Wildman–Crippen MR) is 163 cm³/mol. The summed E-state index contributed by atoms with van der Waals surface area (Å²) in [6.07, 6.45) is 0. The summed E-state index contributed by atoms with van der Waals surface area (Å²) in [6, 6.07) is 25.8. The lowest BCUT2D eigenvalue weighted by molar-refractivity contribution is -0.139. The molecule has 42 heavy (non-hydrogen) atoms. The van der Waals surface area contributed by atoms with Gasteiger partial charge in [-0.15, -0.1) is 0 Å². The summed E-state index contributed by atoms with van der Waals surface area (Å²) >= 11 is 3.75. The molecule has 0 amide bonds. The van der Waals surface area contributed by atoms with E-state index in [9.17, 15) is 15.2 Å². The van der Waals surface area contributed by atoms with Crippen molar-refractivity contribution >= 4 is 21.9 Å². The van der Waals surface area contributed by atoms with Gasteiger partial charge in [0.05, 0.1) is 25.9 Å². The van der Waals surface area contributed by atoms with Crippen LogP contribution in [-0.4, -0.2) is 31.3 Å². The molecule has 0 aromatic heterocycles. The third kappa shape index (κ3) is 7.60. The second-order valence-electron chi connectivity index (χ2n) is 9.45. The van der Waals surface area contributed by atoms with Gasteiger partial charge in [0.2, 0.25) is 0 Å². The maximum Gasteiger partial charge on any atom is 0.320 e. The molecule has 0 saturated heterocycles. The Hall–Kier alpha value is -4.52. The van der Waals surface area contributed by atoms with E-state index in [1.54, 1.807) is 39.3 Å². The highest BCUT2D eigenvalue weighted by atomic mass is 79.9. The molecule has 0 fully saturated rings. The van der Waals surface area contributed by atoms with Crippen LogP contribution in [0.2, 0.25) is 0 Å². The third-order valence-electron chi connectivity index (χ3n) is 6.63. The lowest BCUT2D eigenvalue weighted by atomic mass is 10.0. The number of carboxylic acids is 1. The number of ether oxygens (including phenoxy) is 4. The topological polar surface area (TPSA) is 110 Å². The van der Waals surface area contributed by atoms with E-state index in [1.165, 1.54) is 0 Å². The molecule has 0 bridgehead atoms. The van der Waals surface area contributed by atoms with E-state index in [1.807, 2.05) is 60.7 Å². The van der Waals surface area contributed by atoms with Gasteiger partial charge in [-0.1, -0.05) is 42.5 Å². The molecule has 0 radical (unpaired) electrons. The highest BCUT2D eigenvalue weighted by Crippen LogP contribution is 2.37. The van der Waals surface area contributed by atoms with E-state index < -0.39 is 12.0 Å². The number of methoxy groups -OCH3 is 2. The van der Waals surface area contributed by atoms with E-state index >= 15 is 0 Å². The number of hydrogen-bond donors (Lipinski definition) is 2. The first-order valence-electron chi connectivity index (χ1n) is 13.2. The number of nitrogens with one attached hydrogen (secondary N) is 1. The molecule has 0 aliphatic carbocycles. The monoisotopic (exact) mass is 630 g/mol. The van der Waals surface area contributed by atoms with Gasteiger partial charge >= 0.3 is 5.97 Å². The summed E-state index contributed by atoms with van der Waals surface area (Å²) in [4.78, 5) is 11.3. The van der Waals surface area contributed by atoms with Crippen molar-refractivity contribution in [2.24, 2.45) is 0 Å². The molecule has 4 aromatic rings. The maximum atomic E-state index is 11.3. The van der Waals surface area contributed by atoms with Gasteiger partial charge in [-0.05, 0) is 69.9 Å². The third-order valence-corrected chi connectivity index (χ3v) is 7.56. The Morgan fingerprint density at radius 2 is 1.69 bits per heavy atom. The molecule has 0 spiro atoms. The molecule has 0 heterocycles. The molecule has 1 atom stereocenters. The highest BCUT2D eigenvalue weighted by Gasteiger charge is 2.15. The normalized spacial score (nSPS) is 11.3. The maximum absolute atomic E-state index is 11.3. The average Bonchev–Trinajstić information content (AvgIpc) is 3.02. The number of nitrogens with zero attached hydrogens (tertiary/aromatic N) is 1. The summed E-state index contributed by atoms with van der Waals surface area (Å²) in [5, 5.41) is 21.5. The number of nitriles is 1. The predicted octanol–water partition coefficient (Wildman–Crippen LogP) is 6.73. The fraction of sp³-hybridized carbons (Fsp3) is 0.212. The quantitative estimate of drug-likeness (QED) is 0.167. The van der Waals surface area contributed by atoms with Gasteiger partial charge in [0.1, 0.15) is 30.8 Å². The van der Waals surface area contributed by atoms with Crippen LogP contribution in [0.25, 0.3) is 11.1 Å². The molecule has 0 aliphatic rings. The van der Waals surface area contributed by atoms with Gasteiger partial charge < -0.3 is 29.4 Å². The van der Waals surface area contributed by atoms with Crippen molar-refractivity contribution in [1.29, 1.82) is 5.26 Å². The van der Waals surface area contributed by atoms with Crippen molar-refractivity contribution in [3.05, 3.63) is 106 Å². The number of aliphatic carboxylic acids is 1. The van der Waals surface area contributed by atoms with Crippen LogP contribution < -0.4 is 24.3 Å². The van der Waals surface area contributed by atoms with E-state index in [0.29, 0.717) is 41.7 Å². The Kier molecular flexibility index (Phi) is 10.4. The van der Waals surface area contributed by atoms with Gasteiger partial charge in [0.25, 0.3) is 0 Å². The van der Waals surface area contributed by atoms with Gasteiger partial charge in [0, 0.05) is 28.2 Å². The summed E-state index contributed by atoms with van der Waals surface area (Å²) < 4.78 is 24.1. The van der Waals surface area contributed by atoms with Crippen LogP contribution in [0, 0.1) is 11.3 Å². The minimum absolute atomic E-state index is 0.235. The smallest absolute Gasteiger partial charge is 0.320 e. The lowest BCUT2D eigenvalue weighted by Crippen LogP contribution is -2.33. The van der Waals surface area contributed by atoms with E-state index in [4.69, 9.17) is 18.9 Å². The van der Waals surface area contributed by atoms with Crippen LogP contribution in [0.3, 0.4) is 0 Å². The number of hydrogen-bond acceptors (Lipinski definition) is 7. The van der Waals surface area contributed by atoms with Crippen LogP contribution in [0.5, 0.6) is 23.0 Å². The number of carbonyl (C=O) groups is 1. The number of rotatable bonds is 13. The van der Waals surface area contributed by atoms with Crippen LogP contribution in [-0.2, 0) is 24.6 Å². The van der Waals surface area contributed by atoms with Crippen molar-refractivity contribution in [2.45, 2.75) is 32.7 Å². The molecular formula is C33H31BrN2O6. The van der Waals surface area contributed by atoms with E-state index in [2.05, 4.69) is 27.3 Å². The second kappa shape index (κ2) is 14.4. The molecule has 0 saturated carbocycles. The summed E-state index contributed by atoms with van der Waals surface area (Å²) in [5.74, 6) is 1.51. The standard InChI is InChI=1S/C33H31BrN2O6/c1-21(33(37)38)36-18-25-10-12-27(16-30(25)42-19-23-7-4-6-22(14-23)17-35)41-20-26-8-5-9-28(32(26)34)24-11-13-29(39-2)31(15-24)40-3/h4-16,21,36H,18-20H2,1-3H3,(H,37,38)/t21-/m0/s1. The van der Waals surface area contributed by atoms with Crippen molar-refractivity contribution < 1.29 is 28.8 Å². The molecule has 2 N–H and O–H groups in total. The minimum Gasteiger partial charge on any atom is -0.493 e. The Morgan fingerprint density at radius 3 is 2.43 bits per heavy atom. The molecule has 216 valence electrons. The first kappa shape index (κ1) is 30.4. The fourth-order valence-electron chi connectivity index (χ4n) is 4.23. The first-order valence-corrected chi connectivity index (χ1v) is 14.0. The molecule has 4 aromatic carbocycles. The van der Waals surface area contributed by atoms with Crippen LogP contribution in [0.15, 0.2) is 83.3 Å². The molecule has 9 heteroatoms. The van der Waals surface area contributed by atoms with Crippen LogP contribution in [0.1, 0.15) is 29.2 Å². The zero-order valence-corrected chi connectivity index (χ0v) is 25.1. The molecular weight excluding hydrogens is 600 g/mol. The summed E-state index contributed by atoms with van der Waals surface area (Å²) in [7, 11) is 3.21. The van der Waals surface area contributed by atoms with Gasteiger partial charge in [-0.25, -0.2) is 0 Å². The number of halogens is 1. The first-order chi connectivity index (χ1) is 20.3. The fourth-order valence-corrected chi connectivity index (χ4v) is 4.83. The largest absolute Gasteiger partial charge is 0.493 e. The second-order valence-corrected chi connectivity index (χ2v) is 10.2. The van der Waals surface area contributed by atoms with Gasteiger partial charge in [0.15, 0.2) is 11.5 Å². The Balaban J connectivity index is 1.54. The highest BCUT2D eigenvalue weighted by molar-refractivity contribution is 9.10. The van der Waals surface area contributed by atoms with Gasteiger partial charge in [-0.2, -0.15) is 5.26 Å². The average molecular weight is 632 g/mol. The van der Waals surface area contributed by atoms with Crippen molar-refractivity contribution in [3.63, 3.8) is 0 Å². The van der Waals surface area contributed by atoms with Crippen LogP contribution in [0.4, 0.5) is 0 Å². The van der Waals surface area contributed by atoms with Gasteiger partial charge in [-0.3, -0.25) is 4.79 Å². The number of carboxylic acid groups (broad SMARTS) is 1. The minimum atomic E-state index is -0.938. The lowest BCUT2D eigenvalue weighted by Gasteiger charge is -2.17. The van der Waals surface area contributed by atoms with E-state index in [0.717, 1.165) is 32.3 Å². The summed E-state index contributed by atoms with van der Waals surface area (Å²) in [5.41, 5.74) is 5.06.